The Kier molecular flexibility index (Phi) is 4.98. The van der Waals surface area contributed by atoms with Crippen LogP contribution in [0.25, 0.3) is 0 Å². The van der Waals surface area contributed by atoms with E-state index in [0.717, 1.165) is 12.0 Å². The lowest BCUT2D eigenvalue weighted by Crippen LogP contribution is -2.37. The Morgan fingerprint density at radius 3 is 2.31 bits per heavy atom. The van der Waals surface area contributed by atoms with Crippen LogP contribution in [0.15, 0.2) is 47.4 Å². The predicted molar refractivity (Wildman–Crippen MR) is 104 cm³/mol. The molecular weight excluding hydrogens is 372 g/mol. The molecule has 26 heavy (non-hydrogen) atoms. The molecule has 0 bridgehead atoms. The Balaban J connectivity index is 1.83. The molecule has 1 aliphatic rings. The van der Waals surface area contributed by atoms with Crippen LogP contribution >= 0.6 is 0 Å². The Bertz CT molecular complexity index is 1010. The first-order chi connectivity index (χ1) is 12.2. The van der Waals surface area contributed by atoms with E-state index in [0.29, 0.717) is 29.9 Å². The normalized spacial score (nSPS) is 17.1. The Morgan fingerprint density at radius 1 is 1.00 bits per heavy atom. The molecule has 6 nitrogen and oxygen atoms in total. The van der Waals surface area contributed by atoms with Crippen molar-refractivity contribution in [1.29, 1.82) is 0 Å². The molecular formula is C18H22N2O4S2. The minimum absolute atomic E-state index is 0.147. The van der Waals surface area contributed by atoms with Crippen molar-refractivity contribution in [2.24, 2.45) is 0 Å². The van der Waals surface area contributed by atoms with Gasteiger partial charge in [0.2, 0.25) is 10.0 Å². The number of aryl methyl sites for hydroxylation is 2. The van der Waals surface area contributed by atoms with Gasteiger partial charge >= 0.3 is 0 Å². The lowest BCUT2D eigenvalue weighted by Gasteiger charge is -2.28. The third-order valence-electron chi connectivity index (χ3n) is 4.38. The summed E-state index contributed by atoms with van der Waals surface area (Å²) in [5, 5.41) is 0. The highest BCUT2D eigenvalue weighted by molar-refractivity contribution is 7.93. The van der Waals surface area contributed by atoms with E-state index >= 15 is 0 Å². The molecule has 1 N–H and O–H groups in total. The molecule has 3 rings (SSSR count). The molecule has 140 valence electrons. The summed E-state index contributed by atoms with van der Waals surface area (Å²) < 4.78 is 53.5. The fourth-order valence-electron chi connectivity index (χ4n) is 3.09. The van der Waals surface area contributed by atoms with Crippen molar-refractivity contribution in [2.75, 3.05) is 21.3 Å². The Morgan fingerprint density at radius 2 is 1.69 bits per heavy atom. The maximum atomic E-state index is 12.6. The molecule has 1 heterocycles. The lowest BCUT2D eigenvalue weighted by atomic mass is 10.2. The van der Waals surface area contributed by atoms with E-state index in [1.807, 2.05) is 13.0 Å². The van der Waals surface area contributed by atoms with Crippen molar-refractivity contribution < 1.29 is 16.8 Å². The summed E-state index contributed by atoms with van der Waals surface area (Å²) in [6, 6.07) is 11.6. The minimum atomic E-state index is -3.70. The molecule has 1 aliphatic heterocycles. The number of anilines is 2. The highest BCUT2D eigenvalue weighted by Crippen LogP contribution is 2.26. The van der Waals surface area contributed by atoms with Crippen molar-refractivity contribution in [3.63, 3.8) is 0 Å². The Labute approximate surface area is 155 Å². The van der Waals surface area contributed by atoms with Gasteiger partial charge in [-0.1, -0.05) is 17.7 Å². The first-order valence-corrected chi connectivity index (χ1v) is 11.5. The zero-order valence-corrected chi connectivity index (χ0v) is 16.4. The average Bonchev–Trinajstić information content (AvgIpc) is 2.55. The van der Waals surface area contributed by atoms with Crippen LogP contribution in [0.4, 0.5) is 11.4 Å². The SMILES string of the molecule is Cc1ccc(S(=O)(=O)Nc2ccc(N3CCCCS3(=O)=O)cc2)c(C)c1. The molecule has 1 fully saturated rings. The number of hydrogen-bond donors (Lipinski definition) is 1. The number of rotatable bonds is 4. The lowest BCUT2D eigenvalue weighted by molar-refractivity contribution is 0.574. The maximum absolute atomic E-state index is 12.6. The number of sulfonamides is 2. The second-order valence-electron chi connectivity index (χ2n) is 6.52. The molecule has 0 saturated carbocycles. The van der Waals surface area contributed by atoms with Crippen LogP contribution in [0.2, 0.25) is 0 Å². The summed E-state index contributed by atoms with van der Waals surface area (Å²) in [7, 11) is -6.99. The van der Waals surface area contributed by atoms with Gasteiger partial charge in [-0.05, 0) is 62.6 Å². The summed E-state index contributed by atoms with van der Waals surface area (Å²) in [6.07, 6.45) is 1.49. The van der Waals surface area contributed by atoms with Gasteiger partial charge in [0.25, 0.3) is 10.0 Å². The summed E-state index contributed by atoms with van der Waals surface area (Å²) in [5.41, 5.74) is 2.62. The molecule has 2 aromatic carbocycles. The van der Waals surface area contributed by atoms with Gasteiger partial charge in [0.15, 0.2) is 0 Å². The van der Waals surface area contributed by atoms with Crippen LogP contribution in [0.3, 0.4) is 0 Å². The van der Waals surface area contributed by atoms with Gasteiger partial charge in [0.1, 0.15) is 0 Å². The van der Waals surface area contributed by atoms with Crippen molar-refractivity contribution in [1.82, 2.24) is 0 Å². The second kappa shape index (κ2) is 6.92. The van der Waals surface area contributed by atoms with E-state index in [1.165, 1.54) is 4.31 Å². The number of nitrogens with zero attached hydrogens (tertiary/aromatic N) is 1. The van der Waals surface area contributed by atoms with Crippen LogP contribution in [-0.2, 0) is 20.0 Å². The summed E-state index contributed by atoms with van der Waals surface area (Å²) >= 11 is 0. The minimum Gasteiger partial charge on any atom is -0.280 e. The van der Waals surface area contributed by atoms with E-state index in [9.17, 15) is 16.8 Å². The van der Waals surface area contributed by atoms with E-state index in [4.69, 9.17) is 0 Å². The summed E-state index contributed by atoms with van der Waals surface area (Å²) in [6.45, 7) is 4.12. The quantitative estimate of drug-likeness (QED) is 0.864. The number of nitrogens with one attached hydrogen (secondary N) is 1. The van der Waals surface area contributed by atoms with E-state index in [-0.39, 0.29) is 10.6 Å². The van der Waals surface area contributed by atoms with Crippen LogP contribution < -0.4 is 9.03 Å². The standard InChI is InChI=1S/C18H22N2O4S2/c1-14-5-10-18(15(2)13-14)26(23,24)19-16-6-8-17(9-7-16)20-11-3-4-12-25(20,21)22/h5-10,13,19H,3-4,11-12H2,1-2H3. The molecule has 0 aromatic heterocycles. The highest BCUT2D eigenvalue weighted by Gasteiger charge is 2.26. The first-order valence-electron chi connectivity index (χ1n) is 8.40. The van der Waals surface area contributed by atoms with Crippen LogP contribution in [0.1, 0.15) is 24.0 Å². The third-order valence-corrected chi connectivity index (χ3v) is 7.79. The van der Waals surface area contributed by atoms with E-state index in [2.05, 4.69) is 4.72 Å². The van der Waals surface area contributed by atoms with Crippen molar-refractivity contribution in [3.8, 4) is 0 Å². The summed E-state index contributed by atoms with van der Waals surface area (Å²) in [5.74, 6) is 0.147. The highest BCUT2D eigenvalue weighted by atomic mass is 32.2. The zero-order valence-electron chi connectivity index (χ0n) is 14.8. The maximum Gasteiger partial charge on any atom is 0.262 e. The molecule has 0 spiro atoms. The number of benzene rings is 2. The topological polar surface area (TPSA) is 83.6 Å². The van der Waals surface area contributed by atoms with Crippen molar-refractivity contribution in [2.45, 2.75) is 31.6 Å². The van der Waals surface area contributed by atoms with E-state index in [1.54, 1.807) is 43.3 Å². The van der Waals surface area contributed by atoms with Gasteiger partial charge in [-0.3, -0.25) is 9.03 Å². The summed E-state index contributed by atoms with van der Waals surface area (Å²) in [4.78, 5) is 0.228. The Hall–Kier alpha value is -2.06. The van der Waals surface area contributed by atoms with Gasteiger partial charge in [-0.15, -0.1) is 0 Å². The van der Waals surface area contributed by atoms with Crippen LogP contribution in [0.5, 0.6) is 0 Å². The van der Waals surface area contributed by atoms with Crippen molar-refractivity contribution in [3.05, 3.63) is 53.6 Å². The zero-order chi connectivity index (χ0) is 18.9. The van der Waals surface area contributed by atoms with Gasteiger partial charge in [0, 0.05) is 12.2 Å². The van der Waals surface area contributed by atoms with Gasteiger partial charge < -0.3 is 0 Å². The van der Waals surface area contributed by atoms with Crippen LogP contribution in [-0.4, -0.2) is 29.1 Å². The third kappa shape index (κ3) is 3.86. The van der Waals surface area contributed by atoms with E-state index < -0.39 is 20.0 Å². The molecule has 0 atom stereocenters. The first kappa shape index (κ1) is 18.7. The smallest absolute Gasteiger partial charge is 0.262 e. The molecule has 2 aromatic rings. The molecule has 0 amide bonds. The molecule has 0 aliphatic carbocycles. The number of hydrogen-bond acceptors (Lipinski definition) is 4. The second-order valence-corrected chi connectivity index (χ2v) is 10.2. The van der Waals surface area contributed by atoms with Crippen LogP contribution in [0, 0.1) is 13.8 Å². The van der Waals surface area contributed by atoms with Gasteiger partial charge in [0.05, 0.1) is 16.3 Å². The fourth-order valence-corrected chi connectivity index (χ4v) is 6.01. The fraction of sp³-hybridized carbons (Fsp3) is 0.333. The molecule has 0 unspecified atom stereocenters. The monoisotopic (exact) mass is 394 g/mol. The van der Waals surface area contributed by atoms with Gasteiger partial charge in [-0.25, -0.2) is 16.8 Å². The predicted octanol–water partition coefficient (Wildman–Crippen LogP) is 3.03. The molecule has 1 saturated heterocycles. The molecule has 8 heteroatoms. The van der Waals surface area contributed by atoms with Gasteiger partial charge in [-0.2, -0.15) is 0 Å². The average molecular weight is 395 g/mol. The molecule has 0 radical (unpaired) electrons. The van der Waals surface area contributed by atoms with Crippen molar-refractivity contribution >= 4 is 31.4 Å². The largest absolute Gasteiger partial charge is 0.280 e.